The van der Waals surface area contributed by atoms with Gasteiger partial charge in [0.15, 0.2) is 9.84 Å². The summed E-state index contributed by atoms with van der Waals surface area (Å²) in [7, 11) is -3.02. The van der Waals surface area contributed by atoms with Crippen molar-refractivity contribution >= 4 is 25.8 Å². The molecule has 15 heavy (non-hydrogen) atoms. The number of sulfone groups is 1. The summed E-state index contributed by atoms with van der Waals surface area (Å²) in [5.41, 5.74) is -0.105. The summed E-state index contributed by atoms with van der Waals surface area (Å²) < 4.78 is 23.6. The molecule has 0 saturated carbocycles. The van der Waals surface area contributed by atoms with Gasteiger partial charge in [-0.15, -0.1) is 0 Å². The van der Waals surface area contributed by atoms with Crippen molar-refractivity contribution in [2.75, 3.05) is 11.1 Å². The molecular weight excluding hydrogens is 276 g/mol. The average Bonchev–Trinajstić information content (AvgIpc) is 2.12. The Hall–Kier alpha value is 0.430. The fourth-order valence-corrected chi connectivity index (χ4v) is 4.30. The molecule has 0 heterocycles. The zero-order chi connectivity index (χ0) is 12.3. The van der Waals surface area contributed by atoms with E-state index in [1.54, 1.807) is 20.8 Å². The monoisotopic (exact) mass is 298 g/mol. The van der Waals surface area contributed by atoms with E-state index in [9.17, 15) is 8.42 Å². The van der Waals surface area contributed by atoms with E-state index in [1.807, 2.05) is 0 Å². The van der Waals surface area contributed by atoms with Crippen LogP contribution in [0.5, 0.6) is 0 Å². The molecule has 0 atom stereocenters. The molecular formula is C11H23BrO2S. The Balaban J connectivity index is 5.00. The first-order valence-electron chi connectivity index (χ1n) is 5.42. The molecule has 0 aromatic carbocycles. The van der Waals surface area contributed by atoms with Gasteiger partial charge in [0.1, 0.15) is 0 Å². The molecule has 0 unspecified atom stereocenters. The Kier molecular flexibility index (Phi) is 5.32. The molecule has 0 amide bonds. The molecule has 0 aliphatic heterocycles. The maximum atomic E-state index is 12.1. The number of hydrogen-bond acceptors (Lipinski definition) is 2. The fraction of sp³-hybridized carbons (Fsp3) is 1.00. The van der Waals surface area contributed by atoms with Crippen molar-refractivity contribution in [1.82, 2.24) is 0 Å². The molecule has 0 N–H and O–H groups in total. The van der Waals surface area contributed by atoms with Crippen LogP contribution in [0.4, 0.5) is 0 Å². The lowest BCUT2D eigenvalue weighted by atomic mass is 9.87. The second-order valence-electron chi connectivity index (χ2n) is 5.21. The number of hydrogen-bond donors (Lipinski definition) is 0. The fourth-order valence-electron chi connectivity index (χ4n) is 1.30. The SMILES string of the molecule is CCC(CC)(CBr)CS(=O)(=O)C(C)(C)C. The van der Waals surface area contributed by atoms with Crippen LogP contribution in [-0.4, -0.2) is 24.2 Å². The highest BCUT2D eigenvalue weighted by Crippen LogP contribution is 2.33. The lowest BCUT2D eigenvalue weighted by Gasteiger charge is -2.32. The van der Waals surface area contributed by atoms with Gasteiger partial charge in [0.25, 0.3) is 0 Å². The molecule has 0 radical (unpaired) electrons. The van der Waals surface area contributed by atoms with E-state index < -0.39 is 14.6 Å². The summed E-state index contributed by atoms with van der Waals surface area (Å²) in [6.45, 7) is 9.43. The van der Waals surface area contributed by atoms with E-state index in [0.717, 1.165) is 18.2 Å². The molecule has 92 valence electrons. The molecule has 0 aromatic rings. The zero-order valence-electron chi connectivity index (χ0n) is 10.4. The second-order valence-corrected chi connectivity index (χ2v) is 8.52. The van der Waals surface area contributed by atoms with Gasteiger partial charge in [-0.05, 0) is 39.0 Å². The smallest absolute Gasteiger partial charge is 0.155 e. The summed E-state index contributed by atoms with van der Waals surface area (Å²) in [5, 5.41) is 0.752. The van der Waals surface area contributed by atoms with Crippen LogP contribution in [0.3, 0.4) is 0 Å². The first kappa shape index (κ1) is 15.4. The summed E-state index contributed by atoms with van der Waals surface area (Å²) in [6.07, 6.45) is 1.79. The van der Waals surface area contributed by atoms with Crippen molar-refractivity contribution < 1.29 is 8.42 Å². The highest BCUT2D eigenvalue weighted by Gasteiger charge is 2.37. The van der Waals surface area contributed by atoms with Gasteiger partial charge in [0, 0.05) is 5.33 Å². The van der Waals surface area contributed by atoms with E-state index in [-0.39, 0.29) is 11.2 Å². The quantitative estimate of drug-likeness (QED) is 0.729. The summed E-state index contributed by atoms with van der Waals surface area (Å²) in [4.78, 5) is 0. The third-order valence-electron chi connectivity index (χ3n) is 3.21. The van der Waals surface area contributed by atoms with E-state index in [0.29, 0.717) is 0 Å². The Morgan fingerprint density at radius 1 is 1.07 bits per heavy atom. The predicted molar refractivity (Wildman–Crippen MR) is 70.3 cm³/mol. The van der Waals surface area contributed by atoms with Crippen LogP contribution in [0, 0.1) is 5.41 Å². The number of alkyl halides is 1. The highest BCUT2D eigenvalue weighted by molar-refractivity contribution is 9.09. The predicted octanol–water partition coefficient (Wildman–Crippen LogP) is 3.40. The maximum Gasteiger partial charge on any atom is 0.155 e. The first-order chi connectivity index (χ1) is 6.64. The largest absolute Gasteiger partial charge is 0.228 e. The van der Waals surface area contributed by atoms with E-state index in [4.69, 9.17) is 0 Å². The van der Waals surface area contributed by atoms with Crippen molar-refractivity contribution in [2.24, 2.45) is 5.41 Å². The van der Waals surface area contributed by atoms with Gasteiger partial charge >= 0.3 is 0 Å². The summed E-state index contributed by atoms with van der Waals surface area (Å²) in [6, 6.07) is 0. The first-order valence-corrected chi connectivity index (χ1v) is 8.20. The summed E-state index contributed by atoms with van der Waals surface area (Å²) in [5.74, 6) is 0.280. The molecule has 2 nitrogen and oxygen atoms in total. The van der Waals surface area contributed by atoms with Gasteiger partial charge in [0.2, 0.25) is 0 Å². The standard InChI is InChI=1S/C11H23BrO2S/c1-6-11(7-2,8-12)9-15(13,14)10(3,4)5/h6-9H2,1-5H3. The molecule has 0 spiro atoms. The van der Waals surface area contributed by atoms with Crippen molar-refractivity contribution in [1.29, 1.82) is 0 Å². The van der Waals surface area contributed by atoms with Crippen LogP contribution in [-0.2, 0) is 9.84 Å². The van der Waals surface area contributed by atoms with Crippen molar-refractivity contribution in [3.05, 3.63) is 0 Å². The minimum atomic E-state index is -3.02. The molecule has 0 rings (SSSR count). The van der Waals surface area contributed by atoms with E-state index in [1.165, 1.54) is 0 Å². The zero-order valence-corrected chi connectivity index (χ0v) is 12.8. The third-order valence-corrected chi connectivity index (χ3v) is 7.26. The van der Waals surface area contributed by atoms with Crippen molar-refractivity contribution in [3.8, 4) is 0 Å². The van der Waals surface area contributed by atoms with E-state index >= 15 is 0 Å². The van der Waals surface area contributed by atoms with Crippen LogP contribution < -0.4 is 0 Å². The van der Waals surface area contributed by atoms with Gasteiger partial charge in [-0.25, -0.2) is 8.42 Å². The molecule has 0 aliphatic carbocycles. The molecule has 0 bridgehead atoms. The van der Waals surface area contributed by atoms with Crippen LogP contribution >= 0.6 is 15.9 Å². The minimum Gasteiger partial charge on any atom is -0.228 e. The molecule has 0 aliphatic rings. The number of rotatable bonds is 5. The topological polar surface area (TPSA) is 34.1 Å². The Bertz CT molecular complexity index is 276. The van der Waals surface area contributed by atoms with Gasteiger partial charge in [-0.3, -0.25) is 0 Å². The average molecular weight is 299 g/mol. The lowest BCUT2D eigenvalue weighted by molar-refractivity contribution is 0.348. The normalized spacial score (nSPS) is 14.3. The van der Waals surface area contributed by atoms with Crippen LogP contribution in [0.15, 0.2) is 0 Å². The molecule has 4 heteroatoms. The Morgan fingerprint density at radius 3 is 1.67 bits per heavy atom. The molecule has 0 aromatic heterocycles. The van der Waals surface area contributed by atoms with Gasteiger partial charge in [0.05, 0.1) is 10.5 Å². The highest BCUT2D eigenvalue weighted by atomic mass is 79.9. The molecule has 0 fully saturated rings. The van der Waals surface area contributed by atoms with Crippen molar-refractivity contribution in [3.63, 3.8) is 0 Å². The van der Waals surface area contributed by atoms with Crippen LogP contribution in [0.2, 0.25) is 0 Å². The van der Waals surface area contributed by atoms with Gasteiger partial charge < -0.3 is 0 Å². The van der Waals surface area contributed by atoms with Crippen LogP contribution in [0.25, 0.3) is 0 Å². The van der Waals surface area contributed by atoms with Crippen molar-refractivity contribution in [2.45, 2.75) is 52.2 Å². The maximum absolute atomic E-state index is 12.1. The second kappa shape index (κ2) is 5.17. The lowest BCUT2D eigenvalue weighted by Crippen LogP contribution is -2.39. The minimum absolute atomic E-state index is 0.105. The van der Waals surface area contributed by atoms with Gasteiger partial charge in [-0.1, -0.05) is 29.8 Å². The van der Waals surface area contributed by atoms with Crippen LogP contribution in [0.1, 0.15) is 47.5 Å². The molecule has 0 saturated heterocycles. The summed E-state index contributed by atoms with van der Waals surface area (Å²) >= 11 is 3.45. The Labute approximate surface area is 103 Å². The van der Waals surface area contributed by atoms with E-state index in [2.05, 4.69) is 29.8 Å². The van der Waals surface area contributed by atoms with Gasteiger partial charge in [-0.2, -0.15) is 0 Å². The Morgan fingerprint density at radius 2 is 1.47 bits per heavy atom. The third kappa shape index (κ3) is 3.74. The number of halogens is 1.